The van der Waals surface area contributed by atoms with E-state index in [2.05, 4.69) is 5.32 Å². The van der Waals surface area contributed by atoms with E-state index in [-0.39, 0.29) is 6.42 Å². The van der Waals surface area contributed by atoms with Gasteiger partial charge in [0.25, 0.3) is 0 Å². The number of carbonyl (C=O) groups excluding carboxylic acids is 1. The van der Waals surface area contributed by atoms with Crippen molar-refractivity contribution in [3.8, 4) is 0 Å². The van der Waals surface area contributed by atoms with Crippen molar-refractivity contribution in [2.75, 3.05) is 15.9 Å². The second-order valence-electron chi connectivity index (χ2n) is 6.36. The van der Waals surface area contributed by atoms with Gasteiger partial charge in [0.2, 0.25) is 15.9 Å². The molecule has 1 atom stereocenters. The molecule has 2 aromatic rings. The van der Waals surface area contributed by atoms with Gasteiger partial charge < -0.3 is 5.32 Å². The molecule has 0 aromatic heterocycles. The van der Waals surface area contributed by atoms with E-state index < -0.39 is 22.0 Å². The van der Waals surface area contributed by atoms with Crippen LogP contribution in [0, 0.1) is 13.8 Å². The molecule has 0 saturated heterocycles. The molecule has 0 aliphatic carbocycles. The van der Waals surface area contributed by atoms with Gasteiger partial charge in [-0.05, 0) is 55.7 Å². The first-order valence-electron chi connectivity index (χ1n) is 8.37. The first-order valence-corrected chi connectivity index (χ1v) is 11.0. The maximum absolute atomic E-state index is 13.0. The molecule has 0 bridgehead atoms. The topological polar surface area (TPSA) is 66.5 Å². The first kappa shape index (κ1) is 21.5. The molecule has 146 valence electrons. The van der Waals surface area contributed by atoms with Crippen LogP contribution in [0.3, 0.4) is 0 Å². The van der Waals surface area contributed by atoms with Crippen LogP contribution in [0.15, 0.2) is 36.4 Å². The molecule has 0 fully saturated rings. The van der Waals surface area contributed by atoms with Gasteiger partial charge >= 0.3 is 0 Å². The number of nitrogens with zero attached hydrogens (tertiary/aromatic N) is 1. The Hall–Kier alpha value is -1.76. The lowest BCUT2D eigenvalue weighted by molar-refractivity contribution is -0.117. The zero-order chi connectivity index (χ0) is 20.4. The standard InChI is InChI=1S/C19H22Cl2N2O3S/c1-5-17(19(24)22-16-10-14(20)8-6-12(16)2)23(27(4,25)26)18-11-15(21)9-7-13(18)3/h6-11,17H,5H2,1-4H3,(H,22,24)/t17-/m0/s1. The van der Waals surface area contributed by atoms with Crippen molar-refractivity contribution in [3.63, 3.8) is 0 Å². The Balaban J connectivity index is 2.48. The van der Waals surface area contributed by atoms with Crippen LogP contribution in [-0.4, -0.2) is 26.6 Å². The summed E-state index contributed by atoms with van der Waals surface area (Å²) in [5.41, 5.74) is 2.46. The predicted molar refractivity (Wildman–Crippen MR) is 112 cm³/mol. The van der Waals surface area contributed by atoms with Gasteiger partial charge in [0, 0.05) is 15.7 Å². The van der Waals surface area contributed by atoms with Crippen molar-refractivity contribution in [1.29, 1.82) is 0 Å². The van der Waals surface area contributed by atoms with Crippen molar-refractivity contribution in [3.05, 3.63) is 57.6 Å². The third-order valence-electron chi connectivity index (χ3n) is 4.20. The Bertz CT molecular complexity index is 961. The van der Waals surface area contributed by atoms with E-state index in [0.717, 1.165) is 16.1 Å². The van der Waals surface area contributed by atoms with Crippen molar-refractivity contribution in [1.82, 2.24) is 0 Å². The monoisotopic (exact) mass is 428 g/mol. The highest BCUT2D eigenvalue weighted by atomic mass is 35.5. The van der Waals surface area contributed by atoms with E-state index in [1.165, 1.54) is 0 Å². The van der Waals surface area contributed by atoms with Crippen molar-refractivity contribution < 1.29 is 13.2 Å². The second-order valence-corrected chi connectivity index (χ2v) is 9.09. The summed E-state index contributed by atoms with van der Waals surface area (Å²) in [6, 6.07) is 9.17. The second kappa shape index (κ2) is 8.50. The lowest BCUT2D eigenvalue weighted by Gasteiger charge is -2.31. The van der Waals surface area contributed by atoms with Gasteiger partial charge in [0.1, 0.15) is 6.04 Å². The Morgan fingerprint density at radius 1 is 1.07 bits per heavy atom. The third kappa shape index (κ3) is 5.15. The normalized spacial score (nSPS) is 12.5. The van der Waals surface area contributed by atoms with Crippen LogP contribution in [0.4, 0.5) is 11.4 Å². The SMILES string of the molecule is CC[C@@H](C(=O)Nc1cc(Cl)ccc1C)N(c1cc(Cl)ccc1C)S(C)(=O)=O. The first-order chi connectivity index (χ1) is 12.5. The van der Waals surface area contributed by atoms with Crippen LogP contribution in [0.1, 0.15) is 24.5 Å². The minimum atomic E-state index is -3.74. The Morgan fingerprint density at radius 3 is 2.19 bits per heavy atom. The summed E-state index contributed by atoms with van der Waals surface area (Å²) in [5.74, 6) is -0.437. The highest BCUT2D eigenvalue weighted by Crippen LogP contribution is 2.30. The fourth-order valence-electron chi connectivity index (χ4n) is 2.80. The molecule has 5 nitrogen and oxygen atoms in total. The summed E-state index contributed by atoms with van der Waals surface area (Å²) in [7, 11) is -3.74. The number of anilines is 2. The van der Waals surface area contributed by atoms with Gasteiger partial charge in [0.15, 0.2) is 0 Å². The number of nitrogens with one attached hydrogen (secondary N) is 1. The lowest BCUT2D eigenvalue weighted by Crippen LogP contribution is -2.47. The number of benzene rings is 2. The molecule has 1 amide bonds. The van der Waals surface area contributed by atoms with Crippen LogP contribution < -0.4 is 9.62 Å². The number of hydrogen-bond donors (Lipinski definition) is 1. The molecule has 8 heteroatoms. The number of halogens is 2. The van der Waals surface area contributed by atoms with Gasteiger partial charge in [-0.25, -0.2) is 8.42 Å². The third-order valence-corrected chi connectivity index (χ3v) is 5.83. The van der Waals surface area contributed by atoms with Crippen LogP contribution in [0.25, 0.3) is 0 Å². The Labute approximate surface area is 170 Å². The van der Waals surface area contributed by atoms with Crippen molar-refractivity contribution in [2.24, 2.45) is 0 Å². The van der Waals surface area contributed by atoms with Crippen LogP contribution in [-0.2, 0) is 14.8 Å². The molecular formula is C19H22Cl2N2O3S. The van der Waals surface area contributed by atoms with Gasteiger partial charge in [-0.1, -0.05) is 42.3 Å². The van der Waals surface area contributed by atoms with Gasteiger partial charge in [-0.15, -0.1) is 0 Å². The minimum Gasteiger partial charge on any atom is -0.324 e. The number of amides is 1. The zero-order valence-electron chi connectivity index (χ0n) is 15.6. The van der Waals surface area contributed by atoms with E-state index >= 15 is 0 Å². The summed E-state index contributed by atoms with van der Waals surface area (Å²) in [4.78, 5) is 13.0. The average molecular weight is 429 g/mol. The van der Waals surface area contributed by atoms with Crippen LogP contribution >= 0.6 is 23.2 Å². The molecule has 0 aliphatic rings. The summed E-state index contributed by atoms with van der Waals surface area (Å²) in [5, 5.41) is 3.67. The molecule has 27 heavy (non-hydrogen) atoms. The maximum Gasteiger partial charge on any atom is 0.248 e. The molecule has 0 saturated carbocycles. The minimum absolute atomic E-state index is 0.282. The molecule has 2 aromatic carbocycles. The number of aryl methyl sites for hydroxylation is 2. The average Bonchev–Trinajstić information content (AvgIpc) is 2.57. The van der Waals surface area contributed by atoms with Crippen LogP contribution in [0.2, 0.25) is 10.0 Å². The summed E-state index contributed by atoms with van der Waals surface area (Å²) in [6.07, 6.45) is 1.36. The molecule has 0 aliphatic heterocycles. The Morgan fingerprint density at radius 2 is 1.63 bits per heavy atom. The summed E-state index contributed by atoms with van der Waals surface area (Å²) in [6.45, 7) is 5.37. The molecule has 0 radical (unpaired) electrons. The van der Waals surface area contributed by atoms with E-state index in [4.69, 9.17) is 23.2 Å². The van der Waals surface area contributed by atoms with E-state index in [1.54, 1.807) is 50.2 Å². The highest BCUT2D eigenvalue weighted by molar-refractivity contribution is 7.92. The fourth-order valence-corrected chi connectivity index (χ4v) is 4.40. The summed E-state index contributed by atoms with van der Waals surface area (Å²) < 4.78 is 26.2. The molecule has 0 heterocycles. The van der Waals surface area contributed by atoms with Crippen molar-refractivity contribution >= 4 is 50.5 Å². The molecule has 0 unspecified atom stereocenters. The van der Waals surface area contributed by atoms with Crippen LogP contribution in [0.5, 0.6) is 0 Å². The van der Waals surface area contributed by atoms with Gasteiger partial charge in [-0.2, -0.15) is 0 Å². The van der Waals surface area contributed by atoms with E-state index in [9.17, 15) is 13.2 Å². The highest BCUT2D eigenvalue weighted by Gasteiger charge is 2.32. The maximum atomic E-state index is 13.0. The van der Waals surface area contributed by atoms with Gasteiger partial charge in [0.05, 0.1) is 11.9 Å². The fraction of sp³-hybridized carbons (Fsp3) is 0.316. The molecule has 0 spiro atoms. The molecule has 1 N–H and O–H groups in total. The zero-order valence-corrected chi connectivity index (χ0v) is 17.9. The Kier molecular flexibility index (Phi) is 6.78. The number of rotatable bonds is 6. The smallest absolute Gasteiger partial charge is 0.248 e. The molecule has 2 rings (SSSR count). The summed E-state index contributed by atoms with van der Waals surface area (Å²) >= 11 is 12.1. The molecular weight excluding hydrogens is 407 g/mol. The van der Waals surface area contributed by atoms with Gasteiger partial charge in [-0.3, -0.25) is 9.10 Å². The number of hydrogen-bond acceptors (Lipinski definition) is 3. The number of carbonyl (C=O) groups is 1. The predicted octanol–water partition coefficient (Wildman–Crippen LogP) is 4.79. The van der Waals surface area contributed by atoms with Crippen molar-refractivity contribution in [2.45, 2.75) is 33.2 Å². The van der Waals surface area contributed by atoms with E-state index in [1.807, 2.05) is 6.92 Å². The lowest BCUT2D eigenvalue weighted by atomic mass is 10.1. The van der Waals surface area contributed by atoms with E-state index in [0.29, 0.717) is 27.0 Å². The largest absolute Gasteiger partial charge is 0.324 e. The number of sulfonamides is 1. The quantitative estimate of drug-likeness (QED) is 0.718.